The lowest BCUT2D eigenvalue weighted by Gasteiger charge is -2.08. The summed E-state index contributed by atoms with van der Waals surface area (Å²) in [4.78, 5) is 51.0. The number of ether oxygens (including phenoxy) is 1. The molecule has 0 saturated heterocycles. The minimum atomic E-state index is -0.520. The zero-order valence-corrected chi connectivity index (χ0v) is 14.4. The zero-order valence-electron chi connectivity index (χ0n) is 14.4. The van der Waals surface area contributed by atoms with Crippen molar-refractivity contribution in [2.24, 2.45) is 0 Å². The molecule has 0 aliphatic rings. The van der Waals surface area contributed by atoms with Gasteiger partial charge in [-0.3, -0.25) is 23.7 Å². The van der Waals surface area contributed by atoms with E-state index in [9.17, 15) is 19.2 Å². The molecule has 0 spiro atoms. The summed E-state index contributed by atoms with van der Waals surface area (Å²) in [6.07, 6.45) is 1.33. The molecule has 2 N–H and O–H groups in total. The first-order chi connectivity index (χ1) is 12.5. The summed E-state index contributed by atoms with van der Waals surface area (Å²) in [6, 6.07) is 6.87. The molecule has 2 rings (SSSR count). The van der Waals surface area contributed by atoms with Gasteiger partial charge in [0, 0.05) is 13.0 Å². The summed E-state index contributed by atoms with van der Waals surface area (Å²) in [7, 11) is 0. The van der Waals surface area contributed by atoms with Gasteiger partial charge in [0.1, 0.15) is 13.1 Å². The van der Waals surface area contributed by atoms with E-state index in [0.717, 1.165) is 0 Å². The third kappa shape index (κ3) is 5.40. The third-order valence-corrected chi connectivity index (χ3v) is 3.45. The zero-order chi connectivity index (χ0) is 18.9. The van der Waals surface area contributed by atoms with Crippen LogP contribution < -0.4 is 16.2 Å². The van der Waals surface area contributed by atoms with Gasteiger partial charge in [-0.25, -0.2) is 4.98 Å². The van der Waals surface area contributed by atoms with Crippen LogP contribution in [0.15, 0.2) is 35.4 Å². The van der Waals surface area contributed by atoms with E-state index in [1.54, 1.807) is 31.2 Å². The number of para-hydroxylation sites is 1. The number of carbonyl (C=O) groups excluding carboxylic acids is 3. The molecule has 1 aromatic heterocycles. The lowest BCUT2D eigenvalue weighted by Crippen LogP contribution is -2.36. The highest BCUT2D eigenvalue weighted by Crippen LogP contribution is 2.04. The molecule has 9 heteroatoms. The Morgan fingerprint density at radius 1 is 1.15 bits per heavy atom. The summed E-state index contributed by atoms with van der Waals surface area (Å²) >= 11 is 0. The average molecular weight is 360 g/mol. The number of nitrogens with one attached hydrogen (secondary N) is 2. The maximum absolute atomic E-state index is 12.3. The van der Waals surface area contributed by atoms with Crippen molar-refractivity contribution in [3.63, 3.8) is 0 Å². The van der Waals surface area contributed by atoms with E-state index >= 15 is 0 Å². The minimum Gasteiger partial charge on any atom is -0.465 e. The Morgan fingerprint density at radius 3 is 2.69 bits per heavy atom. The van der Waals surface area contributed by atoms with Crippen LogP contribution in [0.5, 0.6) is 0 Å². The Morgan fingerprint density at radius 2 is 1.92 bits per heavy atom. The standard InChI is InChI=1S/C17H20N4O5/c1-2-26-16(24)9-19-14(22)7-8-18-15(23)10-21-11-20-13-6-4-3-5-12(13)17(21)25/h3-6,11H,2,7-10H2,1H3,(H,18,23)(H,19,22). The number of carbonyl (C=O) groups is 3. The van der Waals surface area contributed by atoms with Crippen LogP contribution in [0.1, 0.15) is 13.3 Å². The molecule has 2 aromatic rings. The SMILES string of the molecule is CCOC(=O)CNC(=O)CCNC(=O)Cn1cnc2ccccc2c1=O. The maximum Gasteiger partial charge on any atom is 0.325 e. The van der Waals surface area contributed by atoms with Gasteiger partial charge in [0.2, 0.25) is 11.8 Å². The van der Waals surface area contributed by atoms with Gasteiger partial charge < -0.3 is 15.4 Å². The van der Waals surface area contributed by atoms with Crippen LogP contribution in [0.25, 0.3) is 10.9 Å². The van der Waals surface area contributed by atoms with Crippen LogP contribution in [0, 0.1) is 0 Å². The lowest BCUT2D eigenvalue weighted by atomic mass is 10.2. The Bertz CT molecular complexity index is 862. The van der Waals surface area contributed by atoms with E-state index in [-0.39, 0.29) is 44.1 Å². The molecule has 26 heavy (non-hydrogen) atoms. The molecule has 0 unspecified atom stereocenters. The summed E-state index contributed by atoms with van der Waals surface area (Å²) in [5.74, 6) is -1.32. The molecule has 0 fully saturated rings. The quantitative estimate of drug-likeness (QED) is 0.617. The molecular weight excluding hydrogens is 340 g/mol. The Balaban J connectivity index is 1.79. The van der Waals surface area contributed by atoms with Crippen LogP contribution >= 0.6 is 0 Å². The van der Waals surface area contributed by atoms with E-state index in [1.165, 1.54) is 10.9 Å². The number of benzene rings is 1. The van der Waals surface area contributed by atoms with Crippen molar-refractivity contribution in [2.45, 2.75) is 19.9 Å². The molecule has 1 heterocycles. The number of nitrogens with zero attached hydrogens (tertiary/aromatic N) is 2. The number of aromatic nitrogens is 2. The molecule has 0 bridgehead atoms. The van der Waals surface area contributed by atoms with Gasteiger partial charge in [0.05, 0.1) is 23.8 Å². The molecule has 0 saturated carbocycles. The summed E-state index contributed by atoms with van der Waals surface area (Å²) in [5, 5.41) is 5.37. The molecule has 0 radical (unpaired) electrons. The van der Waals surface area contributed by atoms with Crippen molar-refractivity contribution in [3.8, 4) is 0 Å². The van der Waals surface area contributed by atoms with Crippen LogP contribution in [-0.4, -0.2) is 47.0 Å². The molecule has 0 aliphatic carbocycles. The van der Waals surface area contributed by atoms with E-state index in [0.29, 0.717) is 10.9 Å². The molecular formula is C17H20N4O5. The Labute approximate surface area is 149 Å². The van der Waals surface area contributed by atoms with Crippen molar-refractivity contribution >= 4 is 28.7 Å². The molecule has 0 aliphatic heterocycles. The van der Waals surface area contributed by atoms with E-state index in [4.69, 9.17) is 0 Å². The first-order valence-electron chi connectivity index (χ1n) is 8.14. The van der Waals surface area contributed by atoms with Crippen molar-refractivity contribution in [3.05, 3.63) is 40.9 Å². The topological polar surface area (TPSA) is 119 Å². The van der Waals surface area contributed by atoms with Gasteiger partial charge in [-0.1, -0.05) is 12.1 Å². The number of hydrogen-bond donors (Lipinski definition) is 2. The van der Waals surface area contributed by atoms with Crippen molar-refractivity contribution in [1.29, 1.82) is 0 Å². The normalized spacial score (nSPS) is 10.3. The van der Waals surface area contributed by atoms with Crippen LogP contribution in [-0.2, 0) is 25.7 Å². The number of rotatable bonds is 8. The lowest BCUT2D eigenvalue weighted by molar-refractivity contribution is -0.143. The minimum absolute atomic E-state index is 0.00993. The fraction of sp³-hybridized carbons (Fsp3) is 0.353. The Kier molecular flexibility index (Phi) is 6.84. The first-order valence-corrected chi connectivity index (χ1v) is 8.14. The van der Waals surface area contributed by atoms with E-state index < -0.39 is 11.9 Å². The van der Waals surface area contributed by atoms with Gasteiger partial charge in [-0.2, -0.15) is 0 Å². The van der Waals surface area contributed by atoms with Crippen LogP contribution in [0.2, 0.25) is 0 Å². The van der Waals surface area contributed by atoms with E-state index in [1.807, 2.05) is 0 Å². The van der Waals surface area contributed by atoms with Gasteiger partial charge in [-0.15, -0.1) is 0 Å². The van der Waals surface area contributed by atoms with Crippen LogP contribution in [0.3, 0.4) is 0 Å². The van der Waals surface area contributed by atoms with Crippen molar-refractivity contribution in [1.82, 2.24) is 20.2 Å². The third-order valence-electron chi connectivity index (χ3n) is 3.45. The number of fused-ring (bicyclic) bond motifs is 1. The first kappa shape index (κ1) is 19.1. The Hall–Kier alpha value is -3.23. The molecule has 9 nitrogen and oxygen atoms in total. The molecule has 2 amide bonds. The summed E-state index contributed by atoms with van der Waals surface area (Å²) < 4.78 is 5.89. The van der Waals surface area contributed by atoms with Crippen molar-refractivity contribution in [2.75, 3.05) is 19.7 Å². The highest BCUT2D eigenvalue weighted by molar-refractivity contribution is 5.83. The van der Waals surface area contributed by atoms with Gasteiger partial charge in [-0.05, 0) is 19.1 Å². The highest BCUT2D eigenvalue weighted by atomic mass is 16.5. The smallest absolute Gasteiger partial charge is 0.325 e. The molecule has 0 atom stereocenters. The van der Waals surface area contributed by atoms with Gasteiger partial charge in [0.25, 0.3) is 5.56 Å². The van der Waals surface area contributed by atoms with E-state index in [2.05, 4.69) is 20.4 Å². The monoisotopic (exact) mass is 360 g/mol. The second-order valence-corrected chi connectivity index (χ2v) is 5.38. The second-order valence-electron chi connectivity index (χ2n) is 5.38. The number of hydrogen-bond acceptors (Lipinski definition) is 6. The maximum atomic E-state index is 12.3. The second kappa shape index (κ2) is 9.30. The fourth-order valence-electron chi connectivity index (χ4n) is 2.22. The largest absolute Gasteiger partial charge is 0.465 e. The molecule has 1 aromatic carbocycles. The summed E-state index contributed by atoms with van der Waals surface area (Å²) in [6.45, 7) is 1.60. The summed E-state index contributed by atoms with van der Waals surface area (Å²) in [5.41, 5.74) is 0.255. The van der Waals surface area contributed by atoms with Gasteiger partial charge >= 0.3 is 5.97 Å². The predicted octanol–water partition coefficient (Wildman–Crippen LogP) is -0.418. The fourth-order valence-corrected chi connectivity index (χ4v) is 2.22. The molecule has 138 valence electrons. The van der Waals surface area contributed by atoms with Gasteiger partial charge in [0.15, 0.2) is 0 Å². The number of amides is 2. The number of esters is 1. The average Bonchev–Trinajstić information content (AvgIpc) is 2.63. The predicted molar refractivity (Wildman–Crippen MR) is 93.3 cm³/mol. The highest BCUT2D eigenvalue weighted by Gasteiger charge is 2.09. The van der Waals surface area contributed by atoms with Crippen LogP contribution in [0.4, 0.5) is 0 Å². The van der Waals surface area contributed by atoms with Crippen molar-refractivity contribution < 1.29 is 19.1 Å².